The second-order valence-electron chi connectivity index (χ2n) is 12.1. The van der Waals surface area contributed by atoms with Crippen LogP contribution in [0.2, 0.25) is 0 Å². The molecule has 0 heterocycles. The lowest BCUT2D eigenvalue weighted by Crippen LogP contribution is -2.01. The van der Waals surface area contributed by atoms with Crippen molar-refractivity contribution < 1.29 is 9.47 Å². The standard InChI is InChI=1S/C38H68O2/c1-4-7-9-11-13-15-17-19-21-23-25-27-29-33-39-37-31-32-38(36(6-3)35-37)40-34-30-28-26-24-22-20-18-16-14-12-10-8-5-2/h6,31-32,35H,3-5,7-30,33-34H2,1-2H3. The van der Waals surface area contributed by atoms with E-state index in [1.165, 1.54) is 154 Å². The zero-order chi connectivity index (χ0) is 28.8. The van der Waals surface area contributed by atoms with Crippen LogP contribution in [0.1, 0.15) is 186 Å². The van der Waals surface area contributed by atoms with E-state index < -0.39 is 0 Å². The van der Waals surface area contributed by atoms with E-state index in [9.17, 15) is 0 Å². The summed E-state index contributed by atoms with van der Waals surface area (Å²) in [5.41, 5.74) is 1.04. The third kappa shape index (κ3) is 22.3. The first-order chi connectivity index (χ1) is 19.8. The number of ether oxygens (including phenoxy) is 2. The van der Waals surface area contributed by atoms with Gasteiger partial charge in [-0.05, 0) is 31.0 Å². The molecule has 40 heavy (non-hydrogen) atoms. The van der Waals surface area contributed by atoms with Crippen molar-refractivity contribution in [2.24, 2.45) is 0 Å². The Kier molecular flexibility index (Phi) is 26.6. The number of benzene rings is 1. The van der Waals surface area contributed by atoms with Crippen LogP contribution >= 0.6 is 0 Å². The molecule has 0 amide bonds. The summed E-state index contributed by atoms with van der Waals surface area (Å²) in [5.74, 6) is 1.87. The van der Waals surface area contributed by atoms with Crippen LogP contribution in [-0.4, -0.2) is 13.2 Å². The first-order valence-corrected chi connectivity index (χ1v) is 17.8. The van der Waals surface area contributed by atoms with Gasteiger partial charge in [0.15, 0.2) is 0 Å². The molecule has 0 aliphatic carbocycles. The highest BCUT2D eigenvalue weighted by Gasteiger charge is 2.04. The van der Waals surface area contributed by atoms with Gasteiger partial charge in [0.25, 0.3) is 0 Å². The highest BCUT2D eigenvalue weighted by Crippen LogP contribution is 2.26. The molecule has 0 saturated carbocycles. The molecule has 1 aromatic rings. The van der Waals surface area contributed by atoms with Crippen molar-refractivity contribution >= 4 is 6.08 Å². The number of unbranched alkanes of at least 4 members (excludes halogenated alkanes) is 24. The van der Waals surface area contributed by atoms with E-state index in [1.54, 1.807) is 0 Å². The van der Waals surface area contributed by atoms with Crippen molar-refractivity contribution in [3.63, 3.8) is 0 Å². The maximum atomic E-state index is 6.08. The Morgan fingerprint density at radius 2 is 0.825 bits per heavy atom. The van der Waals surface area contributed by atoms with Gasteiger partial charge in [0.1, 0.15) is 11.5 Å². The third-order valence-corrected chi connectivity index (χ3v) is 8.22. The van der Waals surface area contributed by atoms with E-state index >= 15 is 0 Å². The predicted octanol–water partition coefficient (Wildman–Crippen LogP) is 13.3. The van der Waals surface area contributed by atoms with Gasteiger partial charge in [0.05, 0.1) is 13.2 Å². The SMILES string of the molecule is C=Cc1cc(OCCCCCCCCCCCCCCC)ccc1OCCCCCCCCCCCCCCC. The van der Waals surface area contributed by atoms with Crippen LogP contribution in [0, 0.1) is 0 Å². The van der Waals surface area contributed by atoms with Crippen molar-refractivity contribution in [2.75, 3.05) is 13.2 Å². The summed E-state index contributed by atoms with van der Waals surface area (Å²) in [6.07, 6.45) is 37.6. The fourth-order valence-electron chi connectivity index (χ4n) is 5.52. The van der Waals surface area contributed by atoms with E-state index in [0.29, 0.717) is 0 Å². The fourth-order valence-corrected chi connectivity index (χ4v) is 5.52. The van der Waals surface area contributed by atoms with Gasteiger partial charge in [-0.15, -0.1) is 0 Å². The molecule has 0 atom stereocenters. The average molecular weight is 557 g/mol. The first kappa shape index (κ1) is 36.6. The quantitative estimate of drug-likeness (QED) is 0.0847. The Labute approximate surface area is 251 Å². The number of rotatable bonds is 31. The van der Waals surface area contributed by atoms with Crippen molar-refractivity contribution in [3.8, 4) is 11.5 Å². The van der Waals surface area contributed by atoms with Crippen molar-refractivity contribution in [1.29, 1.82) is 0 Å². The average Bonchev–Trinajstić information content (AvgIpc) is 2.97. The summed E-state index contributed by atoms with van der Waals surface area (Å²) < 4.78 is 12.1. The van der Waals surface area contributed by atoms with Gasteiger partial charge < -0.3 is 9.47 Å². The fraction of sp³-hybridized carbons (Fsp3) is 0.789. The minimum absolute atomic E-state index is 0.789. The molecule has 1 rings (SSSR count). The number of hydrogen-bond acceptors (Lipinski definition) is 2. The summed E-state index contributed by atoms with van der Waals surface area (Å²) in [6.45, 7) is 10.2. The minimum Gasteiger partial charge on any atom is -0.494 e. The molecule has 0 N–H and O–H groups in total. The smallest absolute Gasteiger partial charge is 0.126 e. The second-order valence-corrected chi connectivity index (χ2v) is 12.1. The van der Waals surface area contributed by atoms with E-state index in [0.717, 1.165) is 43.1 Å². The Balaban J connectivity index is 1.98. The van der Waals surface area contributed by atoms with Crippen molar-refractivity contribution in [2.45, 2.75) is 181 Å². The van der Waals surface area contributed by atoms with Crippen LogP contribution < -0.4 is 9.47 Å². The molecule has 0 radical (unpaired) electrons. The maximum absolute atomic E-state index is 6.08. The Bertz CT molecular complexity index is 667. The van der Waals surface area contributed by atoms with Gasteiger partial charge in [-0.3, -0.25) is 0 Å². The Morgan fingerprint density at radius 3 is 1.20 bits per heavy atom. The van der Waals surface area contributed by atoms with Gasteiger partial charge in [-0.2, -0.15) is 0 Å². The molecule has 0 spiro atoms. The van der Waals surface area contributed by atoms with Gasteiger partial charge in [-0.1, -0.05) is 181 Å². The molecule has 0 unspecified atom stereocenters. The molecule has 0 fully saturated rings. The van der Waals surface area contributed by atoms with Crippen LogP contribution in [0.15, 0.2) is 24.8 Å². The molecule has 0 aromatic heterocycles. The zero-order valence-electron chi connectivity index (χ0n) is 27.1. The van der Waals surface area contributed by atoms with Gasteiger partial charge >= 0.3 is 0 Å². The van der Waals surface area contributed by atoms with E-state index in [4.69, 9.17) is 9.47 Å². The minimum atomic E-state index is 0.789. The van der Waals surface area contributed by atoms with E-state index in [-0.39, 0.29) is 0 Å². The van der Waals surface area contributed by atoms with Crippen LogP contribution in [0.5, 0.6) is 11.5 Å². The second kappa shape index (κ2) is 29.1. The van der Waals surface area contributed by atoms with Crippen LogP contribution in [0.3, 0.4) is 0 Å². The first-order valence-electron chi connectivity index (χ1n) is 17.8. The lowest BCUT2D eigenvalue weighted by atomic mass is 10.0. The van der Waals surface area contributed by atoms with Gasteiger partial charge in [0, 0.05) is 5.56 Å². The molecular formula is C38H68O2. The molecule has 2 nitrogen and oxygen atoms in total. The van der Waals surface area contributed by atoms with Gasteiger partial charge in [-0.25, -0.2) is 0 Å². The van der Waals surface area contributed by atoms with Crippen LogP contribution in [0.4, 0.5) is 0 Å². The third-order valence-electron chi connectivity index (χ3n) is 8.22. The summed E-state index contributed by atoms with van der Waals surface area (Å²) in [6, 6.07) is 6.18. The molecule has 0 aliphatic rings. The monoisotopic (exact) mass is 557 g/mol. The highest BCUT2D eigenvalue weighted by molar-refractivity contribution is 5.58. The lowest BCUT2D eigenvalue weighted by Gasteiger charge is -2.12. The normalized spacial score (nSPS) is 11.2. The maximum Gasteiger partial charge on any atom is 0.126 e. The van der Waals surface area contributed by atoms with Gasteiger partial charge in [0.2, 0.25) is 0 Å². The lowest BCUT2D eigenvalue weighted by molar-refractivity contribution is 0.295. The largest absolute Gasteiger partial charge is 0.494 e. The van der Waals surface area contributed by atoms with Crippen LogP contribution in [0.25, 0.3) is 6.08 Å². The Hall–Kier alpha value is -1.44. The summed E-state index contributed by atoms with van der Waals surface area (Å²) >= 11 is 0. The molecule has 1 aromatic carbocycles. The summed E-state index contributed by atoms with van der Waals surface area (Å²) in [4.78, 5) is 0. The molecule has 0 bridgehead atoms. The van der Waals surface area contributed by atoms with E-state index in [1.807, 2.05) is 12.1 Å². The number of hydrogen-bond donors (Lipinski definition) is 0. The highest BCUT2D eigenvalue weighted by atomic mass is 16.5. The van der Waals surface area contributed by atoms with Crippen molar-refractivity contribution in [3.05, 3.63) is 30.3 Å². The molecular weight excluding hydrogens is 488 g/mol. The Morgan fingerprint density at radius 1 is 0.475 bits per heavy atom. The zero-order valence-corrected chi connectivity index (χ0v) is 27.1. The summed E-state index contributed by atoms with van der Waals surface area (Å²) in [7, 11) is 0. The molecule has 2 heteroatoms. The molecule has 0 saturated heterocycles. The topological polar surface area (TPSA) is 18.5 Å². The predicted molar refractivity (Wildman–Crippen MR) is 179 cm³/mol. The molecule has 232 valence electrons. The summed E-state index contributed by atoms with van der Waals surface area (Å²) in [5, 5.41) is 0. The van der Waals surface area contributed by atoms with Crippen molar-refractivity contribution in [1.82, 2.24) is 0 Å². The van der Waals surface area contributed by atoms with Crippen LogP contribution in [-0.2, 0) is 0 Å². The molecule has 0 aliphatic heterocycles. The van der Waals surface area contributed by atoms with E-state index in [2.05, 4.69) is 32.6 Å².